The number of nitrogens with one attached hydrogen (secondary N) is 1. The van der Waals surface area contributed by atoms with E-state index in [1.807, 2.05) is 0 Å². The fourth-order valence-electron chi connectivity index (χ4n) is 2.34. The molecule has 0 fully saturated rings. The van der Waals surface area contributed by atoms with E-state index in [4.69, 9.17) is 0 Å². The molecule has 0 aliphatic rings. The van der Waals surface area contributed by atoms with Crippen molar-refractivity contribution in [2.24, 2.45) is 0 Å². The first-order valence-electron chi connectivity index (χ1n) is 7.69. The molecule has 0 radical (unpaired) electrons. The Morgan fingerprint density at radius 2 is 1.58 bits per heavy atom. The number of hydrogen-bond acceptors (Lipinski definition) is 2. The molecule has 0 heterocycles. The average molecular weight is 262 g/mol. The van der Waals surface area contributed by atoms with Crippen molar-refractivity contribution in [3.8, 4) is 0 Å². The molecule has 108 valence electrons. The third-order valence-corrected chi connectivity index (χ3v) is 3.29. The van der Waals surface area contributed by atoms with Crippen LogP contribution in [0, 0.1) is 0 Å². The molecule has 1 rings (SSSR count). The lowest BCUT2D eigenvalue weighted by Gasteiger charge is -2.23. The Labute approximate surface area is 119 Å². The molecule has 0 saturated heterocycles. The second-order valence-corrected chi connectivity index (χ2v) is 5.58. The highest BCUT2D eigenvalue weighted by molar-refractivity contribution is 5.27. The molecule has 0 saturated carbocycles. The van der Waals surface area contributed by atoms with Crippen LogP contribution in [0.5, 0.6) is 0 Å². The van der Waals surface area contributed by atoms with Gasteiger partial charge in [0.25, 0.3) is 0 Å². The Bertz CT molecular complexity index is 341. The predicted molar refractivity (Wildman–Crippen MR) is 84.3 cm³/mol. The van der Waals surface area contributed by atoms with Gasteiger partial charge in [-0.15, -0.1) is 0 Å². The van der Waals surface area contributed by atoms with Crippen molar-refractivity contribution in [1.29, 1.82) is 0 Å². The first-order valence-corrected chi connectivity index (χ1v) is 7.69. The highest BCUT2D eigenvalue weighted by Gasteiger charge is 2.07. The summed E-state index contributed by atoms with van der Waals surface area (Å²) < 4.78 is 0. The molecule has 0 bridgehead atoms. The van der Waals surface area contributed by atoms with Gasteiger partial charge in [0, 0.05) is 19.1 Å². The maximum Gasteiger partial charge on any atom is 0.0236 e. The summed E-state index contributed by atoms with van der Waals surface area (Å²) in [5.41, 5.74) is 2.91. The van der Waals surface area contributed by atoms with Crippen LogP contribution in [0.4, 0.5) is 0 Å². The van der Waals surface area contributed by atoms with Crippen LogP contribution in [-0.2, 0) is 13.1 Å². The van der Waals surface area contributed by atoms with Gasteiger partial charge >= 0.3 is 0 Å². The maximum atomic E-state index is 3.52. The molecule has 1 aromatic rings. The molecule has 19 heavy (non-hydrogen) atoms. The zero-order valence-corrected chi connectivity index (χ0v) is 13.1. The molecule has 1 N–H and O–H groups in total. The van der Waals surface area contributed by atoms with Gasteiger partial charge < -0.3 is 5.32 Å². The van der Waals surface area contributed by atoms with Crippen LogP contribution in [0.2, 0.25) is 0 Å². The number of rotatable bonds is 9. The van der Waals surface area contributed by atoms with Crippen molar-refractivity contribution in [3.05, 3.63) is 35.4 Å². The van der Waals surface area contributed by atoms with E-state index >= 15 is 0 Å². The summed E-state index contributed by atoms with van der Waals surface area (Å²) in [6.07, 6.45) is 2.46. The number of nitrogens with zero attached hydrogens (tertiary/aromatic N) is 1. The third kappa shape index (κ3) is 6.22. The van der Waals surface area contributed by atoms with E-state index in [2.05, 4.69) is 62.2 Å². The molecule has 0 aliphatic heterocycles. The summed E-state index contributed by atoms with van der Waals surface area (Å²) >= 11 is 0. The standard InChI is InChI=1S/C17H30N2/c1-5-11-19(12-6-2)14-17-10-8-7-9-16(17)13-18-15(3)4/h7-10,15,18H,5-6,11-14H2,1-4H3. The molecule has 0 atom stereocenters. The Balaban J connectivity index is 2.69. The van der Waals surface area contributed by atoms with Crippen LogP contribution in [0.25, 0.3) is 0 Å². The predicted octanol–water partition coefficient (Wildman–Crippen LogP) is 3.81. The van der Waals surface area contributed by atoms with Gasteiger partial charge in [0.1, 0.15) is 0 Å². The minimum absolute atomic E-state index is 0.537. The van der Waals surface area contributed by atoms with Gasteiger partial charge in [0.2, 0.25) is 0 Å². The zero-order chi connectivity index (χ0) is 14.1. The van der Waals surface area contributed by atoms with Crippen molar-refractivity contribution < 1.29 is 0 Å². The molecule has 0 unspecified atom stereocenters. The van der Waals surface area contributed by atoms with E-state index in [0.717, 1.165) is 13.1 Å². The van der Waals surface area contributed by atoms with Crippen molar-refractivity contribution in [2.75, 3.05) is 13.1 Å². The van der Waals surface area contributed by atoms with Gasteiger partial charge in [0.05, 0.1) is 0 Å². The molecule has 0 spiro atoms. The largest absolute Gasteiger partial charge is 0.310 e. The van der Waals surface area contributed by atoms with Gasteiger partial charge in [-0.2, -0.15) is 0 Å². The topological polar surface area (TPSA) is 15.3 Å². The van der Waals surface area contributed by atoms with Crippen LogP contribution in [0.1, 0.15) is 51.7 Å². The van der Waals surface area contributed by atoms with Gasteiger partial charge in [-0.25, -0.2) is 0 Å². The Kier molecular flexibility index (Phi) is 7.76. The molecule has 2 nitrogen and oxygen atoms in total. The summed E-state index contributed by atoms with van der Waals surface area (Å²) in [6.45, 7) is 13.4. The van der Waals surface area contributed by atoms with Crippen LogP contribution in [-0.4, -0.2) is 24.0 Å². The van der Waals surface area contributed by atoms with Gasteiger partial charge in [-0.3, -0.25) is 4.90 Å². The lowest BCUT2D eigenvalue weighted by atomic mass is 10.1. The van der Waals surface area contributed by atoms with E-state index in [9.17, 15) is 0 Å². The smallest absolute Gasteiger partial charge is 0.0236 e. The Morgan fingerprint density at radius 1 is 1.00 bits per heavy atom. The van der Waals surface area contributed by atoms with E-state index in [1.54, 1.807) is 0 Å². The summed E-state index contributed by atoms with van der Waals surface area (Å²) in [5.74, 6) is 0. The quantitative estimate of drug-likeness (QED) is 0.728. The molecule has 1 aromatic carbocycles. The minimum atomic E-state index is 0.537. The van der Waals surface area contributed by atoms with Crippen LogP contribution >= 0.6 is 0 Å². The second kappa shape index (κ2) is 9.11. The maximum absolute atomic E-state index is 3.52. The van der Waals surface area contributed by atoms with E-state index in [1.165, 1.54) is 37.1 Å². The molecular formula is C17H30N2. The van der Waals surface area contributed by atoms with Crippen molar-refractivity contribution in [3.63, 3.8) is 0 Å². The van der Waals surface area contributed by atoms with Crippen molar-refractivity contribution in [1.82, 2.24) is 10.2 Å². The summed E-state index contributed by atoms with van der Waals surface area (Å²) in [7, 11) is 0. The SMILES string of the molecule is CCCN(CCC)Cc1ccccc1CNC(C)C. The highest BCUT2D eigenvalue weighted by atomic mass is 15.1. The summed E-state index contributed by atoms with van der Waals surface area (Å²) in [5, 5.41) is 3.52. The van der Waals surface area contributed by atoms with Gasteiger partial charge in [-0.05, 0) is 37.1 Å². The highest BCUT2D eigenvalue weighted by Crippen LogP contribution is 2.12. The Hall–Kier alpha value is -0.860. The van der Waals surface area contributed by atoms with Gasteiger partial charge in [0.15, 0.2) is 0 Å². The first kappa shape index (κ1) is 16.2. The van der Waals surface area contributed by atoms with Crippen molar-refractivity contribution >= 4 is 0 Å². The Morgan fingerprint density at radius 3 is 2.11 bits per heavy atom. The van der Waals surface area contributed by atoms with Crippen LogP contribution < -0.4 is 5.32 Å². The fraction of sp³-hybridized carbons (Fsp3) is 0.647. The van der Waals surface area contributed by atoms with Crippen LogP contribution in [0.15, 0.2) is 24.3 Å². The number of benzene rings is 1. The molecule has 0 aromatic heterocycles. The average Bonchev–Trinajstić information content (AvgIpc) is 2.38. The number of hydrogen-bond donors (Lipinski definition) is 1. The molecule has 0 aliphatic carbocycles. The van der Waals surface area contributed by atoms with Gasteiger partial charge in [-0.1, -0.05) is 52.0 Å². The minimum Gasteiger partial charge on any atom is -0.310 e. The van der Waals surface area contributed by atoms with Crippen molar-refractivity contribution in [2.45, 2.75) is 59.7 Å². The van der Waals surface area contributed by atoms with E-state index in [0.29, 0.717) is 6.04 Å². The monoisotopic (exact) mass is 262 g/mol. The second-order valence-electron chi connectivity index (χ2n) is 5.58. The van der Waals surface area contributed by atoms with Crippen LogP contribution in [0.3, 0.4) is 0 Å². The normalized spacial score (nSPS) is 11.5. The lowest BCUT2D eigenvalue weighted by molar-refractivity contribution is 0.265. The fourth-order valence-corrected chi connectivity index (χ4v) is 2.34. The lowest BCUT2D eigenvalue weighted by Crippen LogP contribution is -2.27. The summed E-state index contributed by atoms with van der Waals surface area (Å²) in [6, 6.07) is 9.36. The zero-order valence-electron chi connectivity index (χ0n) is 13.1. The third-order valence-electron chi connectivity index (χ3n) is 3.29. The first-order chi connectivity index (χ1) is 9.17. The van der Waals surface area contributed by atoms with E-state index < -0.39 is 0 Å². The summed E-state index contributed by atoms with van der Waals surface area (Å²) in [4.78, 5) is 2.56. The van der Waals surface area contributed by atoms with E-state index in [-0.39, 0.29) is 0 Å². The molecular weight excluding hydrogens is 232 g/mol. The molecule has 2 heteroatoms. The molecule has 0 amide bonds.